The lowest BCUT2D eigenvalue weighted by molar-refractivity contribution is 0.612. The summed E-state index contributed by atoms with van der Waals surface area (Å²) in [6.45, 7) is 2.06. The zero-order valence-corrected chi connectivity index (χ0v) is 11.9. The number of hydrogen-bond donors (Lipinski definition) is 3. The highest BCUT2D eigenvalue weighted by atomic mass is 15.4. The van der Waals surface area contributed by atoms with Crippen LogP contribution in [0.2, 0.25) is 0 Å². The van der Waals surface area contributed by atoms with Crippen molar-refractivity contribution in [1.29, 1.82) is 0 Å². The Morgan fingerprint density at radius 1 is 1.30 bits per heavy atom. The molecule has 1 heterocycles. The maximum atomic E-state index is 6.30. The Morgan fingerprint density at radius 3 is 2.75 bits per heavy atom. The first-order valence-corrected chi connectivity index (χ1v) is 7.25. The van der Waals surface area contributed by atoms with Crippen molar-refractivity contribution in [3.05, 3.63) is 41.9 Å². The lowest BCUT2D eigenvalue weighted by Crippen LogP contribution is -2.33. The predicted octanol–water partition coefficient (Wildman–Crippen LogP) is 3.15. The minimum Gasteiger partial charge on any atom is -0.403 e. The standard InChI is InChI=1S/C16H22N4/c1-11-8-13-9-14(6-7-15(13)19-11)20(18)16(10-17)12-4-2-3-5-12/h6-10,12,19H,2-5,17-18H2,1H3/b16-10-. The zero-order valence-electron chi connectivity index (χ0n) is 11.9. The van der Waals surface area contributed by atoms with Crippen molar-refractivity contribution in [3.8, 4) is 0 Å². The van der Waals surface area contributed by atoms with Crippen LogP contribution in [-0.2, 0) is 0 Å². The molecule has 1 aromatic carbocycles. The number of fused-ring (bicyclic) bond motifs is 1. The maximum absolute atomic E-state index is 6.30. The van der Waals surface area contributed by atoms with Gasteiger partial charge in [0, 0.05) is 28.7 Å². The van der Waals surface area contributed by atoms with Crippen molar-refractivity contribution in [2.45, 2.75) is 32.6 Å². The van der Waals surface area contributed by atoms with Gasteiger partial charge in [-0.2, -0.15) is 0 Å². The highest BCUT2D eigenvalue weighted by Crippen LogP contribution is 2.34. The summed E-state index contributed by atoms with van der Waals surface area (Å²) in [5.41, 5.74) is 10.1. The number of nitrogens with two attached hydrogens (primary N) is 2. The van der Waals surface area contributed by atoms with Gasteiger partial charge in [0.1, 0.15) is 0 Å². The van der Waals surface area contributed by atoms with Gasteiger partial charge in [-0.3, -0.25) is 5.01 Å². The highest BCUT2D eigenvalue weighted by molar-refractivity contribution is 5.84. The molecule has 4 heteroatoms. The number of H-pyrrole nitrogens is 1. The molecule has 1 aliphatic rings. The van der Waals surface area contributed by atoms with E-state index in [0.717, 1.165) is 22.6 Å². The molecule has 1 saturated carbocycles. The van der Waals surface area contributed by atoms with Crippen molar-refractivity contribution in [2.75, 3.05) is 5.01 Å². The molecular formula is C16H22N4. The lowest BCUT2D eigenvalue weighted by atomic mass is 10.0. The average Bonchev–Trinajstić information content (AvgIpc) is 3.06. The van der Waals surface area contributed by atoms with Gasteiger partial charge in [0.25, 0.3) is 0 Å². The summed E-state index contributed by atoms with van der Waals surface area (Å²) in [7, 11) is 0. The van der Waals surface area contributed by atoms with Crippen molar-refractivity contribution in [3.63, 3.8) is 0 Å². The average molecular weight is 270 g/mol. The first-order valence-electron chi connectivity index (χ1n) is 7.25. The molecule has 0 aliphatic heterocycles. The number of aromatic amines is 1. The zero-order chi connectivity index (χ0) is 14.1. The molecule has 5 N–H and O–H groups in total. The largest absolute Gasteiger partial charge is 0.403 e. The van der Waals surface area contributed by atoms with Gasteiger partial charge in [0.05, 0.1) is 11.4 Å². The molecular weight excluding hydrogens is 248 g/mol. The second-order valence-electron chi connectivity index (χ2n) is 5.67. The molecule has 4 nitrogen and oxygen atoms in total. The number of rotatable bonds is 3. The molecule has 0 amide bonds. The molecule has 0 atom stereocenters. The number of hydrazine groups is 1. The third-order valence-corrected chi connectivity index (χ3v) is 4.24. The molecule has 2 aromatic rings. The molecule has 0 radical (unpaired) electrons. The summed E-state index contributed by atoms with van der Waals surface area (Å²) in [4.78, 5) is 3.32. The van der Waals surface area contributed by atoms with E-state index in [1.165, 1.54) is 31.1 Å². The van der Waals surface area contributed by atoms with Crippen LogP contribution >= 0.6 is 0 Å². The van der Waals surface area contributed by atoms with Gasteiger partial charge >= 0.3 is 0 Å². The fourth-order valence-electron chi connectivity index (χ4n) is 3.20. The summed E-state index contributed by atoms with van der Waals surface area (Å²) >= 11 is 0. The normalized spacial score (nSPS) is 17.0. The highest BCUT2D eigenvalue weighted by Gasteiger charge is 2.23. The predicted molar refractivity (Wildman–Crippen MR) is 83.9 cm³/mol. The number of anilines is 1. The Morgan fingerprint density at radius 2 is 2.05 bits per heavy atom. The number of benzene rings is 1. The van der Waals surface area contributed by atoms with Crippen molar-refractivity contribution in [1.82, 2.24) is 4.98 Å². The van der Waals surface area contributed by atoms with Crippen LogP contribution in [0.1, 0.15) is 31.4 Å². The summed E-state index contributed by atoms with van der Waals surface area (Å²) in [6, 6.07) is 8.35. The number of aryl methyl sites for hydroxylation is 1. The SMILES string of the molecule is Cc1cc2cc(N(N)/C(=C\N)C3CCCC3)ccc2[nH]1. The van der Waals surface area contributed by atoms with Crippen LogP contribution in [0.4, 0.5) is 5.69 Å². The van der Waals surface area contributed by atoms with Gasteiger partial charge < -0.3 is 10.7 Å². The van der Waals surface area contributed by atoms with Crippen molar-refractivity contribution in [2.24, 2.45) is 17.5 Å². The maximum Gasteiger partial charge on any atom is 0.0579 e. The van der Waals surface area contributed by atoms with Crippen LogP contribution in [0.15, 0.2) is 36.2 Å². The molecule has 1 aromatic heterocycles. The van der Waals surface area contributed by atoms with E-state index in [4.69, 9.17) is 11.6 Å². The quantitative estimate of drug-likeness (QED) is 0.592. The first kappa shape index (κ1) is 13.1. The van der Waals surface area contributed by atoms with E-state index in [9.17, 15) is 0 Å². The lowest BCUT2D eigenvalue weighted by Gasteiger charge is -2.26. The first-order chi connectivity index (χ1) is 9.69. The topological polar surface area (TPSA) is 71.1 Å². The van der Waals surface area contributed by atoms with Gasteiger partial charge in [-0.05, 0) is 44.0 Å². The Bertz CT molecular complexity index is 635. The van der Waals surface area contributed by atoms with Gasteiger partial charge in [-0.15, -0.1) is 0 Å². The monoisotopic (exact) mass is 270 g/mol. The van der Waals surface area contributed by atoms with E-state index in [0.29, 0.717) is 5.92 Å². The minimum atomic E-state index is 0.494. The smallest absolute Gasteiger partial charge is 0.0579 e. The molecule has 0 unspecified atom stereocenters. The van der Waals surface area contributed by atoms with E-state index in [-0.39, 0.29) is 0 Å². The van der Waals surface area contributed by atoms with E-state index in [1.54, 1.807) is 11.2 Å². The molecule has 1 aliphatic carbocycles. The van der Waals surface area contributed by atoms with Crippen LogP contribution in [0, 0.1) is 12.8 Å². The van der Waals surface area contributed by atoms with E-state index < -0.39 is 0 Å². The summed E-state index contributed by atoms with van der Waals surface area (Å²) < 4.78 is 0. The van der Waals surface area contributed by atoms with Crippen LogP contribution in [0.3, 0.4) is 0 Å². The Kier molecular flexibility index (Phi) is 3.40. The number of nitrogens with zero attached hydrogens (tertiary/aromatic N) is 1. The molecule has 3 rings (SSSR count). The molecule has 1 fully saturated rings. The third kappa shape index (κ3) is 2.27. The Hall–Kier alpha value is -1.94. The van der Waals surface area contributed by atoms with Crippen LogP contribution < -0.4 is 16.6 Å². The molecule has 106 valence electrons. The van der Waals surface area contributed by atoms with Gasteiger partial charge in [-0.1, -0.05) is 12.8 Å². The number of nitrogens with one attached hydrogen (secondary N) is 1. The van der Waals surface area contributed by atoms with Crippen molar-refractivity contribution >= 4 is 16.6 Å². The molecule has 0 spiro atoms. The second kappa shape index (κ2) is 5.21. The number of aromatic nitrogens is 1. The van der Waals surface area contributed by atoms with Crippen molar-refractivity contribution < 1.29 is 0 Å². The van der Waals surface area contributed by atoms with Gasteiger partial charge in [-0.25, -0.2) is 5.84 Å². The van der Waals surface area contributed by atoms with Crippen LogP contribution in [0.5, 0.6) is 0 Å². The molecule has 20 heavy (non-hydrogen) atoms. The fourth-order valence-corrected chi connectivity index (χ4v) is 3.20. The Labute approximate surface area is 119 Å². The minimum absolute atomic E-state index is 0.494. The van der Waals surface area contributed by atoms with E-state index in [2.05, 4.69) is 30.1 Å². The second-order valence-corrected chi connectivity index (χ2v) is 5.67. The van der Waals surface area contributed by atoms with Crippen LogP contribution in [0.25, 0.3) is 10.9 Å². The third-order valence-electron chi connectivity index (χ3n) is 4.24. The summed E-state index contributed by atoms with van der Waals surface area (Å²) in [5.74, 6) is 6.80. The Balaban J connectivity index is 1.92. The molecule has 0 saturated heterocycles. The van der Waals surface area contributed by atoms with Gasteiger partial charge in [0.15, 0.2) is 0 Å². The number of allylic oxidation sites excluding steroid dienone is 1. The van der Waals surface area contributed by atoms with E-state index in [1.807, 2.05) is 6.07 Å². The van der Waals surface area contributed by atoms with Gasteiger partial charge in [0.2, 0.25) is 0 Å². The molecule has 0 bridgehead atoms. The fraction of sp³-hybridized carbons (Fsp3) is 0.375. The van der Waals surface area contributed by atoms with E-state index >= 15 is 0 Å². The van der Waals surface area contributed by atoms with Crippen LogP contribution in [-0.4, -0.2) is 4.98 Å². The summed E-state index contributed by atoms with van der Waals surface area (Å²) in [5, 5.41) is 2.93. The summed E-state index contributed by atoms with van der Waals surface area (Å²) in [6.07, 6.45) is 6.57. The number of hydrogen-bond acceptors (Lipinski definition) is 3.